The number of hydrogen-bond acceptors (Lipinski definition) is 6. The van der Waals surface area contributed by atoms with Crippen LogP contribution in [0, 0.1) is 20.8 Å². The summed E-state index contributed by atoms with van der Waals surface area (Å²) in [7, 11) is 0. The molecule has 1 aliphatic rings. The Bertz CT molecular complexity index is 826. The second-order valence-corrected chi connectivity index (χ2v) is 7.69. The van der Waals surface area contributed by atoms with Crippen LogP contribution in [0.4, 0.5) is 5.69 Å². The van der Waals surface area contributed by atoms with E-state index in [4.69, 9.17) is 0 Å². The van der Waals surface area contributed by atoms with E-state index in [0.717, 1.165) is 35.6 Å². The Morgan fingerprint density at radius 2 is 1.89 bits per heavy atom. The average molecular weight is 384 g/mol. The minimum absolute atomic E-state index is 0.176. The molecule has 0 spiro atoms. The first kappa shape index (κ1) is 19.4. The van der Waals surface area contributed by atoms with Gasteiger partial charge in [0.2, 0.25) is 0 Å². The van der Waals surface area contributed by atoms with Gasteiger partial charge in [0.15, 0.2) is 5.16 Å². The molecule has 6 nitrogen and oxygen atoms in total. The largest absolute Gasteiger partial charge is 0.372 e. The highest BCUT2D eigenvalue weighted by Crippen LogP contribution is 2.22. The molecule has 3 rings (SSSR count). The van der Waals surface area contributed by atoms with Gasteiger partial charge in [0.1, 0.15) is 0 Å². The first-order chi connectivity index (χ1) is 13.0. The second kappa shape index (κ2) is 8.99. The van der Waals surface area contributed by atoms with Crippen LogP contribution in [0.3, 0.4) is 0 Å². The van der Waals surface area contributed by atoms with E-state index >= 15 is 0 Å². The zero-order chi connectivity index (χ0) is 19.2. The molecule has 1 saturated heterocycles. The van der Waals surface area contributed by atoms with E-state index in [9.17, 15) is 4.79 Å². The number of carbonyl (C=O) groups excluding carboxylic acids is 1. The lowest BCUT2D eigenvalue weighted by Crippen LogP contribution is -2.20. The molecule has 0 radical (unpaired) electrons. The van der Waals surface area contributed by atoms with Crippen molar-refractivity contribution in [1.29, 1.82) is 0 Å². The van der Waals surface area contributed by atoms with E-state index in [1.807, 2.05) is 19.9 Å². The number of hydrazone groups is 1. The first-order valence-corrected chi connectivity index (χ1v) is 10.1. The number of amides is 1. The van der Waals surface area contributed by atoms with Crippen LogP contribution in [-0.2, 0) is 4.79 Å². The molecular weight excluding hydrogens is 358 g/mol. The number of rotatable bonds is 6. The summed E-state index contributed by atoms with van der Waals surface area (Å²) < 4.78 is 0. The summed E-state index contributed by atoms with van der Waals surface area (Å²) in [6, 6.07) is 8.26. The Hall–Kier alpha value is -2.41. The van der Waals surface area contributed by atoms with Gasteiger partial charge in [0.05, 0.1) is 12.0 Å². The molecule has 27 heavy (non-hydrogen) atoms. The zero-order valence-corrected chi connectivity index (χ0v) is 16.8. The van der Waals surface area contributed by atoms with E-state index in [1.54, 1.807) is 6.21 Å². The van der Waals surface area contributed by atoms with E-state index < -0.39 is 0 Å². The maximum absolute atomic E-state index is 12.0. The predicted molar refractivity (Wildman–Crippen MR) is 111 cm³/mol. The van der Waals surface area contributed by atoms with E-state index in [1.165, 1.54) is 30.3 Å². The molecule has 0 unspecified atom stereocenters. The fourth-order valence-electron chi connectivity index (χ4n) is 3.07. The van der Waals surface area contributed by atoms with Crippen LogP contribution >= 0.6 is 11.8 Å². The number of thioether (sulfide) groups is 1. The summed E-state index contributed by atoms with van der Waals surface area (Å²) >= 11 is 1.31. The van der Waals surface area contributed by atoms with Crippen LogP contribution in [0.25, 0.3) is 0 Å². The molecule has 1 fully saturated rings. The van der Waals surface area contributed by atoms with Crippen LogP contribution in [-0.4, -0.2) is 40.9 Å². The molecule has 142 valence electrons. The van der Waals surface area contributed by atoms with Gasteiger partial charge in [0.25, 0.3) is 5.91 Å². The van der Waals surface area contributed by atoms with Crippen molar-refractivity contribution in [3.63, 3.8) is 0 Å². The third kappa shape index (κ3) is 5.53. The molecule has 0 bridgehead atoms. The van der Waals surface area contributed by atoms with Gasteiger partial charge in [-0.25, -0.2) is 15.4 Å². The molecule has 0 aliphatic carbocycles. The molecule has 1 aliphatic heterocycles. The number of nitrogens with zero attached hydrogens (tertiary/aromatic N) is 4. The highest BCUT2D eigenvalue weighted by molar-refractivity contribution is 7.99. The molecule has 0 saturated carbocycles. The normalized spacial score (nSPS) is 14.1. The van der Waals surface area contributed by atoms with Gasteiger partial charge in [-0.05, 0) is 62.9 Å². The lowest BCUT2D eigenvalue weighted by atomic mass is 10.1. The summed E-state index contributed by atoms with van der Waals surface area (Å²) in [5.41, 5.74) is 7.78. The number of benzene rings is 1. The summed E-state index contributed by atoms with van der Waals surface area (Å²) in [4.78, 5) is 23.0. The predicted octanol–water partition coefficient (Wildman–Crippen LogP) is 3.24. The topological polar surface area (TPSA) is 70.5 Å². The summed E-state index contributed by atoms with van der Waals surface area (Å²) in [6.45, 7) is 8.16. The third-order valence-corrected chi connectivity index (χ3v) is 5.26. The van der Waals surface area contributed by atoms with E-state index in [2.05, 4.69) is 50.5 Å². The minimum atomic E-state index is -0.176. The van der Waals surface area contributed by atoms with Crippen molar-refractivity contribution in [2.45, 2.75) is 38.8 Å². The molecule has 1 amide bonds. The standard InChI is InChI=1S/C20H25N5OS/c1-14-10-18(25-8-4-5-9-25)7-6-17(14)12-21-24-19(26)13-27-20-22-15(2)11-16(3)23-20/h6-7,10-12H,4-5,8-9,13H2,1-3H3,(H,24,26). The zero-order valence-electron chi connectivity index (χ0n) is 16.0. The molecule has 1 aromatic heterocycles. The molecule has 0 atom stereocenters. The Morgan fingerprint density at radius 1 is 1.19 bits per heavy atom. The van der Waals surface area contributed by atoms with Crippen molar-refractivity contribution in [1.82, 2.24) is 15.4 Å². The summed E-state index contributed by atoms with van der Waals surface area (Å²) in [5, 5.41) is 4.70. The van der Waals surface area contributed by atoms with E-state index in [-0.39, 0.29) is 11.7 Å². The number of carbonyl (C=O) groups is 1. The SMILES string of the molecule is Cc1cc(C)nc(SCC(=O)NN=Cc2ccc(N3CCCC3)cc2C)n1. The molecule has 2 heterocycles. The Balaban J connectivity index is 1.51. The summed E-state index contributed by atoms with van der Waals surface area (Å²) in [6.07, 6.45) is 4.22. The van der Waals surface area contributed by atoms with Crippen molar-refractivity contribution >= 4 is 29.6 Å². The van der Waals surface area contributed by atoms with E-state index in [0.29, 0.717) is 5.16 Å². The van der Waals surface area contributed by atoms with Crippen molar-refractivity contribution < 1.29 is 4.79 Å². The maximum Gasteiger partial charge on any atom is 0.250 e. The number of aryl methyl sites for hydroxylation is 3. The van der Waals surface area contributed by atoms with Gasteiger partial charge in [0, 0.05) is 30.2 Å². The highest BCUT2D eigenvalue weighted by atomic mass is 32.2. The van der Waals surface area contributed by atoms with Crippen LogP contribution in [0.5, 0.6) is 0 Å². The highest BCUT2D eigenvalue weighted by Gasteiger charge is 2.12. The van der Waals surface area contributed by atoms with Crippen molar-refractivity contribution in [2.75, 3.05) is 23.7 Å². The fraction of sp³-hybridized carbons (Fsp3) is 0.400. The van der Waals surface area contributed by atoms with Gasteiger partial charge in [-0.1, -0.05) is 17.8 Å². The molecule has 1 aromatic carbocycles. The Kier molecular flexibility index (Phi) is 6.45. The number of nitrogens with one attached hydrogen (secondary N) is 1. The average Bonchev–Trinajstić information content (AvgIpc) is 3.15. The lowest BCUT2D eigenvalue weighted by Gasteiger charge is -2.18. The van der Waals surface area contributed by atoms with Crippen molar-refractivity contribution in [2.24, 2.45) is 5.10 Å². The van der Waals surface area contributed by atoms with Crippen molar-refractivity contribution in [3.05, 3.63) is 46.8 Å². The quantitative estimate of drug-likeness (QED) is 0.359. The van der Waals surface area contributed by atoms with Gasteiger partial charge >= 0.3 is 0 Å². The van der Waals surface area contributed by atoms with Crippen LogP contribution in [0.2, 0.25) is 0 Å². The lowest BCUT2D eigenvalue weighted by molar-refractivity contribution is -0.118. The fourth-order valence-corrected chi connectivity index (χ4v) is 3.81. The number of hydrogen-bond donors (Lipinski definition) is 1. The van der Waals surface area contributed by atoms with Crippen LogP contribution in [0.1, 0.15) is 35.4 Å². The van der Waals surface area contributed by atoms with Gasteiger partial charge in [-0.15, -0.1) is 0 Å². The maximum atomic E-state index is 12.0. The number of anilines is 1. The monoisotopic (exact) mass is 383 g/mol. The molecule has 1 N–H and O–H groups in total. The van der Waals surface area contributed by atoms with Gasteiger partial charge < -0.3 is 4.90 Å². The third-order valence-electron chi connectivity index (χ3n) is 4.41. The van der Waals surface area contributed by atoms with Gasteiger partial charge in [-0.2, -0.15) is 5.10 Å². The summed E-state index contributed by atoms with van der Waals surface area (Å²) in [5.74, 6) is 0.0537. The number of aromatic nitrogens is 2. The van der Waals surface area contributed by atoms with Crippen LogP contribution in [0.15, 0.2) is 34.5 Å². The molecule has 2 aromatic rings. The van der Waals surface area contributed by atoms with Gasteiger partial charge in [-0.3, -0.25) is 4.79 Å². The minimum Gasteiger partial charge on any atom is -0.372 e. The Labute approximate surface area is 164 Å². The van der Waals surface area contributed by atoms with Crippen molar-refractivity contribution in [3.8, 4) is 0 Å². The second-order valence-electron chi connectivity index (χ2n) is 6.75. The smallest absolute Gasteiger partial charge is 0.250 e. The molecular formula is C20H25N5OS. The van der Waals surface area contributed by atoms with Crippen LogP contribution < -0.4 is 10.3 Å². The molecule has 7 heteroatoms. The first-order valence-electron chi connectivity index (χ1n) is 9.14. The Morgan fingerprint density at radius 3 is 2.56 bits per heavy atom.